The number of para-hydroxylation sites is 1. The van der Waals surface area contributed by atoms with Crippen LogP contribution in [0, 0.1) is 0 Å². The first-order valence-corrected chi connectivity index (χ1v) is 10.3. The van der Waals surface area contributed by atoms with Crippen LogP contribution in [0.1, 0.15) is 40.5 Å². The molecule has 158 valence electrons. The second-order valence-corrected chi connectivity index (χ2v) is 7.17. The van der Waals surface area contributed by atoms with Crippen molar-refractivity contribution in [2.75, 3.05) is 25.1 Å². The maximum absolute atomic E-state index is 12.6. The predicted molar refractivity (Wildman–Crippen MR) is 119 cm³/mol. The van der Waals surface area contributed by atoms with E-state index in [-0.39, 0.29) is 23.0 Å². The number of hydrogen-bond acceptors (Lipinski definition) is 5. The molecule has 3 N–H and O–H groups in total. The summed E-state index contributed by atoms with van der Waals surface area (Å²) in [7, 11) is 0. The summed E-state index contributed by atoms with van der Waals surface area (Å²) >= 11 is 5.27. The first-order chi connectivity index (χ1) is 14.6. The Bertz CT molecular complexity index is 913. The van der Waals surface area contributed by atoms with Crippen molar-refractivity contribution in [2.45, 2.75) is 25.9 Å². The largest absolute Gasteiger partial charge is 0.494 e. The molecule has 1 aliphatic heterocycles. The lowest BCUT2D eigenvalue weighted by Crippen LogP contribution is -2.35. The van der Waals surface area contributed by atoms with Crippen LogP contribution in [0.15, 0.2) is 48.5 Å². The van der Waals surface area contributed by atoms with E-state index in [0.717, 1.165) is 19.4 Å². The number of carbonyl (C=O) groups is 2. The fraction of sp³-hybridized carbons (Fsp3) is 0.318. The molecule has 0 aromatic heterocycles. The average Bonchev–Trinajstić information content (AvgIpc) is 3.26. The summed E-state index contributed by atoms with van der Waals surface area (Å²) in [6.07, 6.45) is 2.02. The summed E-state index contributed by atoms with van der Waals surface area (Å²) in [5, 5.41) is 8.56. The van der Waals surface area contributed by atoms with Crippen molar-refractivity contribution in [3.8, 4) is 5.75 Å². The lowest BCUT2D eigenvalue weighted by molar-refractivity contribution is 0.0858. The molecular weight excluding hydrogens is 402 g/mol. The van der Waals surface area contributed by atoms with Crippen LogP contribution < -0.4 is 20.7 Å². The molecule has 8 heteroatoms. The van der Waals surface area contributed by atoms with Gasteiger partial charge in [-0.1, -0.05) is 18.2 Å². The Balaban J connectivity index is 1.60. The van der Waals surface area contributed by atoms with Crippen molar-refractivity contribution in [1.82, 2.24) is 10.6 Å². The number of hydrogen-bond donors (Lipinski definition) is 3. The first kappa shape index (κ1) is 21.7. The molecular formula is C22H25N3O4S. The summed E-state index contributed by atoms with van der Waals surface area (Å²) in [5.41, 5.74) is 1.37. The molecule has 2 aromatic rings. The van der Waals surface area contributed by atoms with Gasteiger partial charge in [0.2, 0.25) is 0 Å². The van der Waals surface area contributed by atoms with Gasteiger partial charge in [0.25, 0.3) is 11.8 Å². The molecule has 7 nitrogen and oxygen atoms in total. The smallest absolute Gasteiger partial charge is 0.257 e. The normalized spacial score (nSPS) is 15.3. The first-order valence-electron chi connectivity index (χ1n) is 9.91. The standard InChI is InChI=1S/C22H25N3O4S/c1-2-28-16-8-5-7-15(13-16)20(26)25-22(30)24-19-11-4-3-10-18(19)21(27)23-14-17-9-6-12-29-17/h3-5,7-8,10-11,13,17H,2,6,9,12,14H2,1H3,(H,23,27)(H2,24,25,26,30). The highest BCUT2D eigenvalue weighted by Crippen LogP contribution is 2.17. The highest BCUT2D eigenvalue weighted by molar-refractivity contribution is 7.80. The van der Waals surface area contributed by atoms with E-state index in [1.165, 1.54) is 0 Å². The number of rotatable bonds is 7. The van der Waals surface area contributed by atoms with E-state index in [9.17, 15) is 9.59 Å². The van der Waals surface area contributed by atoms with Crippen molar-refractivity contribution in [1.29, 1.82) is 0 Å². The van der Waals surface area contributed by atoms with Crippen molar-refractivity contribution in [2.24, 2.45) is 0 Å². The Labute approximate surface area is 181 Å². The molecule has 0 saturated carbocycles. The predicted octanol–water partition coefficient (Wildman–Crippen LogP) is 3.12. The van der Waals surface area contributed by atoms with Gasteiger partial charge in [-0.05, 0) is 62.3 Å². The van der Waals surface area contributed by atoms with Gasteiger partial charge in [0.15, 0.2) is 5.11 Å². The van der Waals surface area contributed by atoms with E-state index in [4.69, 9.17) is 21.7 Å². The van der Waals surface area contributed by atoms with E-state index < -0.39 is 0 Å². The maximum atomic E-state index is 12.6. The second-order valence-electron chi connectivity index (χ2n) is 6.76. The Kier molecular flexibility index (Phi) is 7.75. The molecule has 0 radical (unpaired) electrons. The van der Waals surface area contributed by atoms with Crippen molar-refractivity contribution >= 4 is 34.8 Å². The molecule has 1 atom stereocenters. The Morgan fingerprint density at radius 2 is 2.00 bits per heavy atom. The quantitative estimate of drug-likeness (QED) is 0.589. The van der Waals surface area contributed by atoms with Gasteiger partial charge >= 0.3 is 0 Å². The third kappa shape index (κ3) is 6.01. The summed E-state index contributed by atoms with van der Waals surface area (Å²) in [6, 6.07) is 13.8. The van der Waals surface area contributed by atoms with Crippen LogP contribution in [0.2, 0.25) is 0 Å². The minimum Gasteiger partial charge on any atom is -0.494 e. The van der Waals surface area contributed by atoms with Gasteiger partial charge < -0.3 is 20.1 Å². The van der Waals surface area contributed by atoms with Crippen LogP contribution in [0.25, 0.3) is 0 Å². The third-order valence-corrected chi connectivity index (χ3v) is 4.77. The number of ether oxygens (including phenoxy) is 2. The van der Waals surface area contributed by atoms with E-state index in [1.807, 2.05) is 6.92 Å². The number of carbonyl (C=O) groups excluding carboxylic acids is 2. The molecule has 3 rings (SSSR count). The minimum atomic E-state index is -0.366. The zero-order chi connectivity index (χ0) is 21.3. The minimum absolute atomic E-state index is 0.0573. The molecule has 1 heterocycles. The van der Waals surface area contributed by atoms with Crippen molar-refractivity contribution < 1.29 is 19.1 Å². The summed E-state index contributed by atoms with van der Waals surface area (Å²) in [5.74, 6) is 0.0128. The van der Waals surface area contributed by atoms with Crippen LogP contribution in [0.5, 0.6) is 5.75 Å². The average molecular weight is 428 g/mol. The van der Waals surface area contributed by atoms with E-state index in [2.05, 4.69) is 16.0 Å². The fourth-order valence-electron chi connectivity index (χ4n) is 3.12. The molecule has 1 fully saturated rings. The Morgan fingerprint density at radius 3 is 2.77 bits per heavy atom. The second kappa shape index (κ2) is 10.7. The molecule has 0 aliphatic carbocycles. The fourth-order valence-corrected chi connectivity index (χ4v) is 3.32. The Morgan fingerprint density at radius 1 is 1.17 bits per heavy atom. The number of thiocarbonyl (C=S) groups is 1. The molecule has 30 heavy (non-hydrogen) atoms. The van der Waals surface area contributed by atoms with Gasteiger partial charge in [-0.25, -0.2) is 0 Å². The van der Waals surface area contributed by atoms with Crippen molar-refractivity contribution in [3.63, 3.8) is 0 Å². The zero-order valence-corrected chi connectivity index (χ0v) is 17.6. The van der Waals surface area contributed by atoms with Crippen LogP contribution >= 0.6 is 12.2 Å². The van der Waals surface area contributed by atoms with Crippen LogP contribution in [0.3, 0.4) is 0 Å². The lowest BCUT2D eigenvalue weighted by Gasteiger charge is -2.15. The number of benzene rings is 2. The Hall–Kier alpha value is -2.97. The van der Waals surface area contributed by atoms with Crippen LogP contribution in [-0.2, 0) is 4.74 Å². The summed E-state index contributed by atoms with van der Waals surface area (Å²) in [4.78, 5) is 25.1. The topological polar surface area (TPSA) is 88.7 Å². The van der Waals surface area contributed by atoms with E-state index >= 15 is 0 Å². The SMILES string of the molecule is CCOc1cccc(C(=O)NC(=S)Nc2ccccc2C(=O)NCC2CCCO2)c1. The molecule has 2 aromatic carbocycles. The number of nitrogens with one attached hydrogen (secondary N) is 3. The van der Waals surface area contributed by atoms with E-state index in [0.29, 0.717) is 35.7 Å². The molecule has 0 bridgehead atoms. The van der Waals surface area contributed by atoms with Gasteiger partial charge in [-0.3, -0.25) is 14.9 Å². The van der Waals surface area contributed by atoms with E-state index in [1.54, 1.807) is 48.5 Å². The highest BCUT2D eigenvalue weighted by atomic mass is 32.1. The molecule has 0 spiro atoms. The summed E-state index contributed by atoms with van der Waals surface area (Å²) < 4.78 is 11.0. The number of anilines is 1. The van der Waals surface area contributed by atoms with Crippen molar-refractivity contribution in [3.05, 3.63) is 59.7 Å². The van der Waals surface area contributed by atoms with Gasteiger partial charge in [0, 0.05) is 18.7 Å². The van der Waals surface area contributed by atoms with Crippen LogP contribution in [0.4, 0.5) is 5.69 Å². The van der Waals surface area contributed by atoms with Gasteiger partial charge in [-0.2, -0.15) is 0 Å². The van der Waals surface area contributed by atoms with Gasteiger partial charge in [0.05, 0.1) is 24.0 Å². The third-order valence-electron chi connectivity index (χ3n) is 4.57. The van der Waals surface area contributed by atoms with Gasteiger partial charge in [0.1, 0.15) is 5.75 Å². The summed E-state index contributed by atoms with van der Waals surface area (Å²) in [6.45, 7) is 3.58. The monoisotopic (exact) mass is 427 g/mol. The number of amides is 2. The van der Waals surface area contributed by atoms with Gasteiger partial charge in [-0.15, -0.1) is 0 Å². The molecule has 1 saturated heterocycles. The highest BCUT2D eigenvalue weighted by Gasteiger charge is 2.18. The molecule has 1 aliphatic rings. The molecule has 1 unspecified atom stereocenters. The molecule has 2 amide bonds. The van der Waals surface area contributed by atoms with Crippen LogP contribution in [-0.4, -0.2) is 42.8 Å². The zero-order valence-electron chi connectivity index (χ0n) is 16.8. The lowest BCUT2D eigenvalue weighted by atomic mass is 10.1. The maximum Gasteiger partial charge on any atom is 0.257 e.